The minimum absolute atomic E-state index is 0.0199. The van der Waals surface area contributed by atoms with Gasteiger partial charge in [0, 0.05) is 38.3 Å². The molecule has 0 saturated heterocycles. The van der Waals surface area contributed by atoms with Crippen LogP contribution in [0, 0.1) is 0 Å². The third-order valence-corrected chi connectivity index (χ3v) is 3.92. The highest BCUT2D eigenvalue weighted by atomic mass is 32.2. The van der Waals surface area contributed by atoms with E-state index in [1.807, 2.05) is 0 Å². The first-order chi connectivity index (χ1) is 9.92. The van der Waals surface area contributed by atoms with Gasteiger partial charge in [-0.3, -0.25) is 14.6 Å². The third-order valence-electron chi connectivity index (χ3n) is 2.48. The number of amides is 1. The molecule has 0 radical (unpaired) electrons. The van der Waals surface area contributed by atoms with Gasteiger partial charge in [-0.2, -0.15) is 0 Å². The van der Waals surface area contributed by atoms with E-state index in [4.69, 9.17) is 5.11 Å². The molecule has 116 valence electrons. The number of pyridine rings is 1. The monoisotopic (exact) mass is 315 g/mol. The molecular weight excluding hydrogens is 298 g/mol. The van der Waals surface area contributed by atoms with Crippen molar-refractivity contribution in [2.75, 3.05) is 13.1 Å². The van der Waals surface area contributed by atoms with Crippen molar-refractivity contribution in [1.82, 2.24) is 15.0 Å². The zero-order valence-corrected chi connectivity index (χ0v) is 12.1. The predicted molar refractivity (Wildman–Crippen MR) is 73.9 cm³/mol. The Morgan fingerprint density at radius 3 is 2.62 bits per heavy atom. The van der Waals surface area contributed by atoms with Crippen molar-refractivity contribution in [2.24, 2.45) is 0 Å². The van der Waals surface area contributed by atoms with Gasteiger partial charge in [-0.05, 0) is 18.6 Å². The molecule has 0 aliphatic rings. The molecule has 0 aliphatic carbocycles. The van der Waals surface area contributed by atoms with Crippen LogP contribution in [0.4, 0.5) is 0 Å². The summed E-state index contributed by atoms with van der Waals surface area (Å²) in [5.74, 6) is -1.26. The highest BCUT2D eigenvalue weighted by Gasteiger charge is 2.13. The second-order valence-electron chi connectivity index (χ2n) is 4.18. The molecule has 0 fully saturated rings. The molecule has 0 atom stereocenters. The Labute approximate surface area is 122 Å². The van der Waals surface area contributed by atoms with Crippen LogP contribution in [0.2, 0.25) is 0 Å². The summed E-state index contributed by atoms with van der Waals surface area (Å²) in [5, 5.41) is 10.9. The number of carboxylic acid groups (broad SMARTS) is 1. The summed E-state index contributed by atoms with van der Waals surface area (Å²) in [6, 6.07) is 2.91. The van der Waals surface area contributed by atoms with Crippen molar-refractivity contribution < 1.29 is 23.1 Å². The van der Waals surface area contributed by atoms with Gasteiger partial charge in [0.1, 0.15) is 4.90 Å². The summed E-state index contributed by atoms with van der Waals surface area (Å²) in [6.45, 7) is 0.211. The van der Waals surface area contributed by atoms with Crippen molar-refractivity contribution in [3.63, 3.8) is 0 Å². The van der Waals surface area contributed by atoms with Crippen molar-refractivity contribution in [3.8, 4) is 0 Å². The maximum absolute atomic E-state index is 11.8. The summed E-state index contributed by atoms with van der Waals surface area (Å²) in [5.41, 5.74) is 0. The smallest absolute Gasteiger partial charge is 0.303 e. The van der Waals surface area contributed by atoms with Crippen LogP contribution in [0.25, 0.3) is 0 Å². The van der Waals surface area contributed by atoms with Crippen molar-refractivity contribution in [1.29, 1.82) is 0 Å². The Kier molecular flexibility index (Phi) is 6.76. The third kappa shape index (κ3) is 6.82. The zero-order chi connectivity index (χ0) is 15.7. The minimum Gasteiger partial charge on any atom is -0.481 e. The normalized spacial score (nSPS) is 11.0. The maximum atomic E-state index is 11.8. The van der Waals surface area contributed by atoms with E-state index in [9.17, 15) is 18.0 Å². The van der Waals surface area contributed by atoms with E-state index in [0.717, 1.165) is 0 Å². The van der Waals surface area contributed by atoms with E-state index < -0.39 is 16.0 Å². The Hall–Kier alpha value is -2.00. The van der Waals surface area contributed by atoms with Gasteiger partial charge in [0.15, 0.2) is 0 Å². The highest BCUT2D eigenvalue weighted by Crippen LogP contribution is 2.04. The van der Waals surface area contributed by atoms with Crippen LogP contribution >= 0.6 is 0 Å². The van der Waals surface area contributed by atoms with Gasteiger partial charge in [-0.1, -0.05) is 0 Å². The summed E-state index contributed by atoms with van der Waals surface area (Å²) in [7, 11) is -3.66. The number of carboxylic acids is 1. The Balaban J connectivity index is 2.27. The van der Waals surface area contributed by atoms with Gasteiger partial charge in [0.2, 0.25) is 15.9 Å². The molecule has 0 aliphatic heterocycles. The summed E-state index contributed by atoms with van der Waals surface area (Å²) in [6.07, 6.45) is 2.97. The number of aliphatic carboxylic acids is 1. The average molecular weight is 315 g/mol. The van der Waals surface area contributed by atoms with Gasteiger partial charge in [-0.25, -0.2) is 13.1 Å². The first kappa shape index (κ1) is 17.1. The number of sulfonamides is 1. The molecule has 3 N–H and O–H groups in total. The molecule has 1 heterocycles. The molecule has 9 heteroatoms. The molecule has 8 nitrogen and oxygen atoms in total. The number of carbonyl (C=O) groups excluding carboxylic acids is 1. The van der Waals surface area contributed by atoms with Gasteiger partial charge in [0.25, 0.3) is 0 Å². The first-order valence-corrected chi connectivity index (χ1v) is 7.78. The number of carbonyl (C=O) groups is 2. The summed E-state index contributed by atoms with van der Waals surface area (Å²) >= 11 is 0. The molecule has 1 rings (SSSR count). The Bertz CT molecular complexity index is 574. The summed E-state index contributed by atoms with van der Waals surface area (Å²) < 4.78 is 25.9. The lowest BCUT2D eigenvalue weighted by Crippen LogP contribution is -2.31. The fraction of sp³-hybridized carbons (Fsp3) is 0.417. The van der Waals surface area contributed by atoms with Crippen LogP contribution in [0.15, 0.2) is 29.4 Å². The number of nitrogens with one attached hydrogen (secondary N) is 2. The van der Waals surface area contributed by atoms with E-state index in [0.29, 0.717) is 6.42 Å². The first-order valence-electron chi connectivity index (χ1n) is 6.30. The Morgan fingerprint density at radius 1 is 1.24 bits per heavy atom. The van der Waals surface area contributed by atoms with Crippen LogP contribution in [-0.4, -0.2) is 43.5 Å². The summed E-state index contributed by atoms with van der Waals surface area (Å²) in [4.78, 5) is 25.4. The molecule has 0 unspecified atom stereocenters. The molecule has 1 amide bonds. The predicted octanol–water partition coefficient (Wildman–Crippen LogP) is -0.269. The quantitative estimate of drug-likeness (QED) is 0.539. The standard InChI is InChI=1S/C12H17N3O5S/c16-11(14-7-2-4-12(17)18)5-8-15-21(19,20)10-3-1-6-13-9-10/h1,3,6,9,15H,2,4-5,7-8H2,(H,14,16)(H,17,18). The molecule has 21 heavy (non-hydrogen) atoms. The van der Waals surface area contributed by atoms with Crippen LogP contribution in [0.1, 0.15) is 19.3 Å². The SMILES string of the molecule is O=C(O)CCCNC(=O)CCNS(=O)(=O)c1cccnc1. The van der Waals surface area contributed by atoms with E-state index in [2.05, 4.69) is 15.0 Å². The number of rotatable bonds is 9. The molecule has 1 aromatic heterocycles. The lowest BCUT2D eigenvalue weighted by Gasteiger charge is -2.07. The molecule has 0 aromatic carbocycles. The van der Waals surface area contributed by atoms with E-state index in [1.165, 1.54) is 24.5 Å². The average Bonchev–Trinajstić information content (AvgIpc) is 2.44. The van der Waals surface area contributed by atoms with E-state index in [1.54, 1.807) is 0 Å². The maximum Gasteiger partial charge on any atom is 0.303 e. The highest BCUT2D eigenvalue weighted by molar-refractivity contribution is 7.89. The van der Waals surface area contributed by atoms with Gasteiger partial charge in [0.05, 0.1) is 0 Å². The number of aromatic nitrogens is 1. The number of nitrogens with zero attached hydrogens (tertiary/aromatic N) is 1. The van der Waals surface area contributed by atoms with Gasteiger partial charge < -0.3 is 10.4 Å². The second-order valence-corrected chi connectivity index (χ2v) is 5.95. The van der Waals surface area contributed by atoms with Crippen LogP contribution in [0.3, 0.4) is 0 Å². The van der Waals surface area contributed by atoms with Crippen LogP contribution < -0.4 is 10.0 Å². The van der Waals surface area contributed by atoms with Crippen LogP contribution in [0.5, 0.6) is 0 Å². The molecule has 1 aromatic rings. The molecular formula is C12H17N3O5S. The minimum atomic E-state index is -3.66. The molecule has 0 saturated carbocycles. The molecule has 0 bridgehead atoms. The fourth-order valence-corrected chi connectivity index (χ4v) is 2.44. The topological polar surface area (TPSA) is 125 Å². The van der Waals surface area contributed by atoms with E-state index in [-0.39, 0.29) is 36.7 Å². The van der Waals surface area contributed by atoms with Crippen molar-refractivity contribution in [3.05, 3.63) is 24.5 Å². The van der Waals surface area contributed by atoms with Gasteiger partial charge in [-0.15, -0.1) is 0 Å². The van der Waals surface area contributed by atoms with Crippen LogP contribution in [-0.2, 0) is 19.6 Å². The molecule has 0 spiro atoms. The van der Waals surface area contributed by atoms with Crippen molar-refractivity contribution >= 4 is 21.9 Å². The lowest BCUT2D eigenvalue weighted by atomic mass is 10.3. The zero-order valence-electron chi connectivity index (χ0n) is 11.3. The van der Waals surface area contributed by atoms with Crippen molar-refractivity contribution in [2.45, 2.75) is 24.2 Å². The van der Waals surface area contributed by atoms with E-state index >= 15 is 0 Å². The fourth-order valence-electron chi connectivity index (χ4n) is 1.44. The number of hydrogen-bond acceptors (Lipinski definition) is 5. The lowest BCUT2D eigenvalue weighted by molar-refractivity contribution is -0.137. The van der Waals surface area contributed by atoms with Gasteiger partial charge >= 0.3 is 5.97 Å². The second kappa shape index (κ2) is 8.32. The largest absolute Gasteiger partial charge is 0.481 e. The Morgan fingerprint density at radius 2 is 2.00 bits per heavy atom. The number of hydrogen-bond donors (Lipinski definition) is 3.